The summed E-state index contributed by atoms with van der Waals surface area (Å²) in [5.74, 6) is 0. The topological polar surface area (TPSA) is 30.7 Å². The number of hydrogen-bond donors (Lipinski definition) is 0. The van der Waals surface area contributed by atoms with Crippen LogP contribution in [-0.4, -0.2) is 14.5 Å². The maximum Gasteiger partial charge on any atom is 0.124 e. The van der Waals surface area contributed by atoms with E-state index in [1.807, 2.05) is 24.4 Å². The monoisotopic (exact) mass is 529 g/mol. The zero-order valence-electron chi connectivity index (χ0n) is 21.5. The molecular weight excluding hydrogens is 506 g/mol. The van der Waals surface area contributed by atoms with Gasteiger partial charge in [-0.15, -0.1) is 11.3 Å². The Morgan fingerprint density at radius 3 is 2.17 bits per heavy atom. The van der Waals surface area contributed by atoms with Crippen molar-refractivity contribution in [2.75, 3.05) is 0 Å². The number of fused-ring (bicyclic) bond motifs is 4. The summed E-state index contributed by atoms with van der Waals surface area (Å²) in [7, 11) is 0. The van der Waals surface area contributed by atoms with Crippen LogP contribution in [0.5, 0.6) is 0 Å². The van der Waals surface area contributed by atoms with Gasteiger partial charge in [0.05, 0.1) is 26.9 Å². The van der Waals surface area contributed by atoms with E-state index in [4.69, 9.17) is 4.98 Å². The van der Waals surface area contributed by atoms with Gasteiger partial charge in [0, 0.05) is 33.8 Å². The van der Waals surface area contributed by atoms with Crippen LogP contribution < -0.4 is 0 Å². The minimum Gasteiger partial charge on any atom is -0.309 e. The molecule has 3 nitrogen and oxygen atoms in total. The summed E-state index contributed by atoms with van der Waals surface area (Å²) in [6.07, 6.45) is 1.86. The standard InChI is InChI=1S/C36H23N3S/c1-2-10-24(11-3-1)26-20-27(31-13-8-9-19-37-31)22-28(21-26)39-33-15-6-4-12-29(33)30-18-17-25(23-34(30)39)36-38-32-14-5-7-16-35(32)40-36/h1-23H. The summed E-state index contributed by atoms with van der Waals surface area (Å²) < 4.78 is 3.59. The second-order valence-corrected chi connectivity index (χ2v) is 11.0. The number of aromatic nitrogens is 3. The van der Waals surface area contributed by atoms with E-state index in [0.717, 1.165) is 44.1 Å². The van der Waals surface area contributed by atoms with Crippen LogP contribution in [0.1, 0.15) is 0 Å². The van der Waals surface area contributed by atoms with E-state index in [9.17, 15) is 0 Å². The molecule has 0 aliphatic rings. The van der Waals surface area contributed by atoms with Crippen molar-refractivity contribution in [3.05, 3.63) is 140 Å². The SMILES string of the molecule is c1ccc(-c2cc(-c3ccccn3)cc(-n3c4ccccc4c4ccc(-c5nc6ccccc6s5)cc43)c2)cc1. The second kappa shape index (κ2) is 9.30. The zero-order chi connectivity index (χ0) is 26.5. The molecule has 0 fully saturated rings. The van der Waals surface area contributed by atoms with Crippen molar-refractivity contribution < 1.29 is 0 Å². The van der Waals surface area contributed by atoms with Crippen LogP contribution in [0, 0.1) is 0 Å². The van der Waals surface area contributed by atoms with E-state index >= 15 is 0 Å². The lowest BCUT2D eigenvalue weighted by Gasteiger charge is -2.14. The largest absolute Gasteiger partial charge is 0.309 e. The first-order chi connectivity index (χ1) is 19.8. The normalized spacial score (nSPS) is 11.5. The van der Waals surface area contributed by atoms with Gasteiger partial charge in [0.1, 0.15) is 5.01 Å². The van der Waals surface area contributed by atoms with Crippen LogP contribution in [0.25, 0.3) is 70.7 Å². The first kappa shape index (κ1) is 22.9. The highest BCUT2D eigenvalue weighted by molar-refractivity contribution is 7.21. The van der Waals surface area contributed by atoms with Gasteiger partial charge < -0.3 is 4.57 Å². The molecule has 0 atom stereocenters. The predicted molar refractivity (Wildman–Crippen MR) is 168 cm³/mol. The predicted octanol–water partition coefficient (Wildman–Crippen LogP) is 9.79. The van der Waals surface area contributed by atoms with Gasteiger partial charge in [-0.25, -0.2) is 4.98 Å². The number of nitrogens with zero attached hydrogens (tertiary/aromatic N) is 3. The summed E-state index contributed by atoms with van der Waals surface area (Å²) >= 11 is 1.74. The van der Waals surface area contributed by atoms with Gasteiger partial charge in [-0.2, -0.15) is 0 Å². The summed E-state index contributed by atoms with van der Waals surface area (Å²) in [6.45, 7) is 0. The maximum atomic E-state index is 4.95. The number of pyridine rings is 1. The molecule has 0 aliphatic heterocycles. The van der Waals surface area contributed by atoms with Crippen LogP contribution in [0.4, 0.5) is 0 Å². The lowest BCUT2D eigenvalue weighted by atomic mass is 10.00. The highest BCUT2D eigenvalue weighted by atomic mass is 32.1. The minimum absolute atomic E-state index is 0.956. The number of thiazole rings is 1. The Bertz CT molecular complexity index is 2070. The van der Waals surface area contributed by atoms with Crippen LogP contribution >= 0.6 is 11.3 Å². The summed E-state index contributed by atoms with van der Waals surface area (Å²) in [5.41, 5.74) is 9.99. The molecule has 0 spiro atoms. The fourth-order valence-electron chi connectivity index (χ4n) is 5.60. The number of benzene rings is 5. The fourth-order valence-corrected chi connectivity index (χ4v) is 6.56. The molecule has 5 aromatic carbocycles. The van der Waals surface area contributed by atoms with Gasteiger partial charge in [0.2, 0.25) is 0 Å². The molecule has 40 heavy (non-hydrogen) atoms. The molecule has 3 aromatic heterocycles. The average molecular weight is 530 g/mol. The van der Waals surface area contributed by atoms with E-state index in [-0.39, 0.29) is 0 Å². The molecule has 0 radical (unpaired) electrons. The van der Waals surface area contributed by atoms with Gasteiger partial charge in [-0.05, 0) is 65.7 Å². The Kier molecular flexibility index (Phi) is 5.32. The average Bonchev–Trinajstić information content (AvgIpc) is 3.61. The zero-order valence-corrected chi connectivity index (χ0v) is 22.3. The maximum absolute atomic E-state index is 4.95. The molecule has 4 heteroatoms. The Balaban J connectivity index is 1.41. The van der Waals surface area contributed by atoms with Crippen molar-refractivity contribution in [3.63, 3.8) is 0 Å². The first-order valence-electron chi connectivity index (χ1n) is 13.3. The Hall–Kier alpha value is -5.06. The second-order valence-electron chi connectivity index (χ2n) is 9.92. The van der Waals surface area contributed by atoms with Crippen LogP contribution in [0.3, 0.4) is 0 Å². The molecule has 0 bridgehead atoms. The van der Waals surface area contributed by atoms with Gasteiger partial charge in [0.25, 0.3) is 0 Å². The summed E-state index contributed by atoms with van der Waals surface area (Å²) in [5, 5.41) is 3.50. The van der Waals surface area contributed by atoms with Crippen LogP contribution in [0.2, 0.25) is 0 Å². The van der Waals surface area contributed by atoms with E-state index in [0.29, 0.717) is 0 Å². The highest BCUT2D eigenvalue weighted by Gasteiger charge is 2.16. The molecule has 0 amide bonds. The van der Waals surface area contributed by atoms with Gasteiger partial charge >= 0.3 is 0 Å². The molecular formula is C36H23N3S. The Morgan fingerprint density at radius 1 is 0.525 bits per heavy atom. The first-order valence-corrected chi connectivity index (χ1v) is 14.1. The lowest BCUT2D eigenvalue weighted by Crippen LogP contribution is -1.96. The molecule has 8 aromatic rings. The molecule has 188 valence electrons. The fraction of sp³-hybridized carbons (Fsp3) is 0. The van der Waals surface area contributed by atoms with E-state index in [1.54, 1.807) is 11.3 Å². The molecule has 0 saturated carbocycles. The molecule has 0 saturated heterocycles. The van der Waals surface area contributed by atoms with Gasteiger partial charge in [-0.1, -0.05) is 78.9 Å². The van der Waals surface area contributed by atoms with Gasteiger partial charge in [0.15, 0.2) is 0 Å². The van der Waals surface area contributed by atoms with E-state index < -0.39 is 0 Å². The smallest absolute Gasteiger partial charge is 0.124 e. The lowest BCUT2D eigenvalue weighted by molar-refractivity contribution is 1.18. The van der Waals surface area contributed by atoms with Crippen molar-refractivity contribution in [1.82, 2.24) is 14.5 Å². The summed E-state index contributed by atoms with van der Waals surface area (Å²) in [6, 6.07) is 47.2. The summed E-state index contributed by atoms with van der Waals surface area (Å²) in [4.78, 5) is 9.64. The number of hydrogen-bond acceptors (Lipinski definition) is 3. The third-order valence-electron chi connectivity index (χ3n) is 7.46. The van der Waals surface area contributed by atoms with Crippen LogP contribution in [0.15, 0.2) is 140 Å². The van der Waals surface area contributed by atoms with Gasteiger partial charge in [-0.3, -0.25) is 4.98 Å². The third kappa shape index (κ3) is 3.81. The minimum atomic E-state index is 0.956. The van der Waals surface area contributed by atoms with E-state index in [1.165, 1.54) is 26.6 Å². The highest BCUT2D eigenvalue weighted by Crippen LogP contribution is 2.38. The molecule has 0 unspecified atom stereocenters. The molecule has 0 N–H and O–H groups in total. The van der Waals surface area contributed by atoms with E-state index in [2.05, 4.69) is 125 Å². The van der Waals surface area contributed by atoms with Crippen molar-refractivity contribution in [2.45, 2.75) is 0 Å². The van der Waals surface area contributed by atoms with Crippen LogP contribution in [-0.2, 0) is 0 Å². The molecule has 8 rings (SSSR count). The Morgan fingerprint density at radius 2 is 1.30 bits per heavy atom. The van der Waals surface area contributed by atoms with Crippen molar-refractivity contribution in [2.24, 2.45) is 0 Å². The quantitative estimate of drug-likeness (QED) is 0.227. The Labute approximate surface area is 235 Å². The van der Waals surface area contributed by atoms with Crippen molar-refractivity contribution in [1.29, 1.82) is 0 Å². The third-order valence-corrected chi connectivity index (χ3v) is 8.54. The molecule has 3 heterocycles. The van der Waals surface area contributed by atoms with Crippen molar-refractivity contribution in [3.8, 4) is 38.6 Å². The number of para-hydroxylation sites is 2. The number of rotatable bonds is 4. The molecule has 0 aliphatic carbocycles. The van der Waals surface area contributed by atoms with Crippen molar-refractivity contribution >= 4 is 43.4 Å².